The summed E-state index contributed by atoms with van der Waals surface area (Å²) in [5.74, 6) is -2.60. The minimum Gasteiger partial charge on any atom is -0.469 e. The number of rotatable bonds is 2. The second-order valence-electron chi connectivity index (χ2n) is 3.86. The molecule has 7 nitrogen and oxygen atoms in total. The summed E-state index contributed by atoms with van der Waals surface area (Å²) in [4.78, 5) is 34.0. The van der Waals surface area contributed by atoms with Gasteiger partial charge in [-0.05, 0) is 6.92 Å². The van der Waals surface area contributed by atoms with Crippen LogP contribution in [0.2, 0.25) is 0 Å². The second kappa shape index (κ2) is 5.13. The Bertz CT molecular complexity index is 334. The molecule has 0 aromatic heterocycles. The summed E-state index contributed by atoms with van der Waals surface area (Å²) >= 11 is 0. The predicted octanol–water partition coefficient (Wildman–Crippen LogP) is -0.841. The minimum absolute atomic E-state index is 0.0706. The highest BCUT2D eigenvalue weighted by molar-refractivity contribution is 5.90. The van der Waals surface area contributed by atoms with Crippen molar-refractivity contribution in [2.75, 3.05) is 13.7 Å². The molecule has 0 spiro atoms. The molecule has 1 heterocycles. The van der Waals surface area contributed by atoms with E-state index < -0.39 is 42.5 Å². The Morgan fingerprint density at radius 3 is 2.82 bits per heavy atom. The topological polar surface area (TPSA) is 99.1 Å². The van der Waals surface area contributed by atoms with Crippen molar-refractivity contribution < 1.29 is 33.7 Å². The lowest BCUT2D eigenvalue weighted by Crippen LogP contribution is -2.48. The normalized spacial score (nSPS) is 29.7. The number of ether oxygens (including phenoxy) is 3. The lowest BCUT2D eigenvalue weighted by atomic mass is 9.95. The Morgan fingerprint density at radius 2 is 2.24 bits per heavy atom. The fourth-order valence-electron chi connectivity index (χ4n) is 1.34. The Hall–Kier alpha value is -1.63. The fraction of sp³-hybridized carbons (Fsp3) is 0.700. The molecule has 17 heavy (non-hydrogen) atoms. The van der Waals surface area contributed by atoms with Crippen LogP contribution >= 0.6 is 0 Å². The van der Waals surface area contributed by atoms with Crippen LogP contribution in [0, 0.1) is 0 Å². The van der Waals surface area contributed by atoms with Crippen LogP contribution in [-0.4, -0.2) is 48.4 Å². The van der Waals surface area contributed by atoms with E-state index in [0.29, 0.717) is 0 Å². The van der Waals surface area contributed by atoms with E-state index in [1.807, 2.05) is 0 Å². The largest absolute Gasteiger partial charge is 0.469 e. The van der Waals surface area contributed by atoms with Gasteiger partial charge in [-0.3, -0.25) is 9.59 Å². The highest BCUT2D eigenvalue weighted by Crippen LogP contribution is 2.22. The third-order valence-electron chi connectivity index (χ3n) is 2.27. The zero-order valence-corrected chi connectivity index (χ0v) is 9.60. The Morgan fingerprint density at radius 1 is 1.59 bits per heavy atom. The average molecular weight is 246 g/mol. The van der Waals surface area contributed by atoms with Gasteiger partial charge in [-0.2, -0.15) is 0 Å². The van der Waals surface area contributed by atoms with Gasteiger partial charge in [0, 0.05) is 0 Å². The van der Waals surface area contributed by atoms with Crippen LogP contribution in [0.1, 0.15) is 19.8 Å². The monoisotopic (exact) mass is 246 g/mol. The first-order chi connectivity index (χ1) is 7.87. The third-order valence-corrected chi connectivity index (χ3v) is 2.27. The predicted molar refractivity (Wildman–Crippen MR) is 52.7 cm³/mol. The lowest BCUT2D eigenvalue weighted by Gasteiger charge is -2.28. The Kier molecular flexibility index (Phi) is 4.06. The van der Waals surface area contributed by atoms with Crippen LogP contribution in [0.15, 0.2) is 0 Å². The highest BCUT2D eigenvalue weighted by atomic mass is 16.6. The van der Waals surface area contributed by atoms with Gasteiger partial charge in [0.05, 0.1) is 20.0 Å². The number of cyclic esters (lactones) is 2. The van der Waals surface area contributed by atoms with Gasteiger partial charge < -0.3 is 19.3 Å². The molecule has 1 rings (SSSR count). The van der Waals surface area contributed by atoms with Crippen molar-refractivity contribution >= 4 is 17.9 Å². The average Bonchev–Trinajstić information content (AvgIpc) is 2.24. The van der Waals surface area contributed by atoms with Crippen molar-refractivity contribution in [2.24, 2.45) is 0 Å². The number of hydrogen-bond donors (Lipinski definition) is 1. The summed E-state index contributed by atoms with van der Waals surface area (Å²) in [6.45, 7) is 1.44. The maximum atomic E-state index is 11.6. The second-order valence-corrected chi connectivity index (χ2v) is 3.86. The molecule has 2 unspecified atom stereocenters. The van der Waals surface area contributed by atoms with Gasteiger partial charge >= 0.3 is 17.9 Å². The molecule has 0 radical (unpaired) electrons. The smallest absolute Gasteiger partial charge is 0.339 e. The van der Waals surface area contributed by atoms with Crippen molar-refractivity contribution in [3.05, 3.63) is 0 Å². The van der Waals surface area contributed by atoms with Crippen LogP contribution in [-0.2, 0) is 28.6 Å². The van der Waals surface area contributed by atoms with E-state index in [1.165, 1.54) is 6.92 Å². The Balaban J connectivity index is 2.87. The molecule has 96 valence electrons. The molecule has 1 aliphatic heterocycles. The van der Waals surface area contributed by atoms with Crippen molar-refractivity contribution in [1.29, 1.82) is 0 Å². The molecule has 7 heteroatoms. The van der Waals surface area contributed by atoms with E-state index in [2.05, 4.69) is 4.74 Å². The summed E-state index contributed by atoms with van der Waals surface area (Å²) in [6, 6.07) is 0. The fourth-order valence-corrected chi connectivity index (χ4v) is 1.34. The first-order valence-electron chi connectivity index (χ1n) is 5.03. The summed E-state index contributed by atoms with van der Waals surface area (Å²) in [7, 11) is 1.11. The first kappa shape index (κ1) is 13.4. The Labute approximate surface area is 97.6 Å². The van der Waals surface area contributed by atoms with Crippen molar-refractivity contribution in [2.45, 2.75) is 31.5 Å². The lowest BCUT2D eigenvalue weighted by molar-refractivity contribution is -0.189. The molecular weight excluding hydrogens is 232 g/mol. The van der Waals surface area contributed by atoms with Crippen LogP contribution in [0.3, 0.4) is 0 Å². The number of carbonyl (C=O) groups excluding carboxylic acids is 3. The third kappa shape index (κ3) is 3.42. The van der Waals surface area contributed by atoms with Crippen LogP contribution in [0.25, 0.3) is 0 Å². The molecule has 0 aliphatic carbocycles. The van der Waals surface area contributed by atoms with Gasteiger partial charge in [-0.1, -0.05) is 0 Å². The highest BCUT2D eigenvalue weighted by Gasteiger charge is 2.45. The zero-order chi connectivity index (χ0) is 13.1. The van der Waals surface area contributed by atoms with Gasteiger partial charge in [-0.15, -0.1) is 0 Å². The van der Waals surface area contributed by atoms with E-state index in [0.717, 1.165) is 7.11 Å². The molecule has 0 aromatic carbocycles. The first-order valence-corrected chi connectivity index (χ1v) is 5.03. The number of carbonyl (C=O) groups is 3. The number of esters is 3. The van der Waals surface area contributed by atoms with Crippen LogP contribution < -0.4 is 0 Å². The molecule has 1 aliphatic rings. The van der Waals surface area contributed by atoms with E-state index >= 15 is 0 Å². The molecule has 0 bridgehead atoms. The van der Waals surface area contributed by atoms with Gasteiger partial charge in [-0.25, -0.2) is 4.79 Å². The standard InChI is InChI=1S/C10H14O7/c1-6-5-16-8(12)4-10(14,9(13)17-6)3-7(11)15-2/h6,14H,3-5H2,1-2H3. The van der Waals surface area contributed by atoms with Crippen LogP contribution in [0.4, 0.5) is 0 Å². The van der Waals surface area contributed by atoms with Gasteiger partial charge in [0.1, 0.15) is 12.7 Å². The molecule has 1 fully saturated rings. The molecule has 0 saturated carbocycles. The number of aliphatic hydroxyl groups is 1. The molecule has 0 amide bonds. The zero-order valence-electron chi connectivity index (χ0n) is 9.60. The van der Waals surface area contributed by atoms with Gasteiger partial charge in [0.15, 0.2) is 5.60 Å². The summed E-state index contributed by atoms with van der Waals surface area (Å²) < 4.78 is 13.9. The molecule has 1 N–H and O–H groups in total. The van der Waals surface area contributed by atoms with E-state index in [1.54, 1.807) is 0 Å². The summed E-state index contributed by atoms with van der Waals surface area (Å²) in [5.41, 5.74) is -2.22. The SMILES string of the molecule is COC(=O)CC1(O)CC(=O)OCC(C)OC1=O. The van der Waals surface area contributed by atoms with Crippen molar-refractivity contribution in [1.82, 2.24) is 0 Å². The summed E-state index contributed by atoms with van der Waals surface area (Å²) in [5, 5.41) is 9.96. The number of methoxy groups -OCH3 is 1. The van der Waals surface area contributed by atoms with Crippen LogP contribution in [0.5, 0.6) is 0 Å². The summed E-state index contributed by atoms with van der Waals surface area (Å²) in [6.07, 6.45) is -1.95. The van der Waals surface area contributed by atoms with Crippen molar-refractivity contribution in [3.63, 3.8) is 0 Å². The number of hydrogen-bond acceptors (Lipinski definition) is 7. The maximum Gasteiger partial charge on any atom is 0.339 e. The molecule has 0 aromatic rings. The van der Waals surface area contributed by atoms with Gasteiger partial charge in [0.25, 0.3) is 0 Å². The van der Waals surface area contributed by atoms with E-state index in [9.17, 15) is 19.5 Å². The molecule has 1 saturated heterocycles. The quantitative estimate of drug-likeness (QED) is 0.501. The molecular formula is C10H14O7. The van der Waals surface area contributed by atoms with Crippen molar-refractivity contribution in [3.8, 4) is 0 Å². The van der Waals surface area contributed by atoms with Gasteiger partial charge in [0.2, 0.25) is 0 Å². The van der Waals surface area contributed by atoms with E-state index in [4.69, 9.17) is 9.47 Å². The maximum absolute atomic E-state index is 11.6. The minimum atomic E-state index is -2.22. The molecule has 2 atom stereocenters. The van der Waals surface area contributed by atoms with E-state index in [-0.39, 0.29) is 6.61 Å².